The summed E-state index contributed by atoms with van der Waals surface area (Å²) in [5, 5.41) is 2.63. The molecule has 1 amide bonds. The summed E-state index contributed by atoms with van der Waals surface area (Å²) in [7, 11) is 0. The fourth-order valence-electron chi connectivity index (χ4n) is 0.715. The molecular weight excluding hydrogens is 174 g/mol. The molecule has 0 spiro atoms. The van der Waals surface area contributed by atoms with Crippen LogP contribution < -0.4 is 5.32 Å². The summed E-state index contributed by atoms with van der Waals surface area (Å²) < 4.78 is 0. The van der Waals surface area contributed by atoms with E-state index in [1.165, 1.54) is 6.08 Å². The summed E-state index contributed by atoms with van der Waals surface area (Å²) in [6.07, 6.45) is 1.24. The molecule has 64 valence electrons. The molecule has 1 rings (SSSR count). The van der Waals surface area contributed by atoms with Gasteiger partial charge in [-0.1, -0.05) is 24.8 Å². The third kappa shape index (κ3) is 3.21. The number of carbonyl (C=O) groups is 1. The number of hydrogen-bond acceptors (Lipinski definition) is 1. The number of rotatable bonds is 2. The highest BCUT2D eigenvalue weighted by molar-refractivity contribution is 5.98. The Morgan fingerprint density at radius 2 is 1.92 bits per heavy atom. The molecule has 0 atom stereocenters. The average molecular weight is 184 g/mol. The first-order valence-electron chi connectivity index (χ1n) is 3.31. The van der Waals surface area contributed by atoms with Crippen LogP contribution in [0.15, 0.2) is 43.0 Å². The maximum Gasteiger partial charge on any atom is 0.247 e. The summed E-state index contributed by atoms with van der Waals surface area (Å²) >= 11 is 0. The first-order valence-corrected chi connectivity index (χ1v) is 3.31. The Morgan fingerprint density at radius 1 is 1.33 bits per heavy atom. The van der Waals surface area contributed by atoms with Gasteiger partial charge in [0, 0.05) is 5.69 Å². The molecule has 0 fully saturated rings. The van der Waals surface area contributed by atoms with Crippen LogP contribution in [0.25, 0.3) is 0 Å². The van der Waals surface area contributed by atoms with Gasteiger partial charge in [0.15, 0.2) is 0 Å². The van der Waals surface area contributed by atoms with E-state index in [-0.39, 0.29) is 18.3 Å². The van der Waals surface area contributed by atoms with Gasteiger partial charge in [0.1, 0.15) is 0 Å². The molecule has 0 saturated carbocycles. The number of benzene rings is 1. The second-order valence-corrected chi connectivity index (χ2v) is 2.06. The number of hydrogen-bond donors (Lipinski definition) is 1. The van der Waals surface area contributed by atoms with Crippen molar-refractivity contribution in [2.24, 2.45) is 0 Å². The van der Waals surface area contributed by atoms with E-state index < -0.39 is 0 Å². The van der Waals surface area contributed by atoms with Crippen molar-refractivity contribution in [3.05, 3.63) is 43.0 Å². The summed E-state index contributed by atoms with van der Waals surface area (Å²) in [4.78, 5) is 10.8. The summed E-state index contributed by atoms with van der Waals surface area (Å²) in [5.74, 6) is -0.184. The minimum Gasteiger partial charge on any atom is -0.323 e. The molecule has 0 heterocycles. The molecule has 0 bridgehead atoms. The summed E-state index contributed by atoms with van der Waals surface area (Å²) in [5.41, 5.74) is 0.789. The second-order valence-electron chi connectivity index (χ2n) is 2.06. The van der Waals surface area contributed by atoms with Gasteiger partial charge in [-0.05, 0) is 18.2 Å². The highest BCUT2D eigenvalue weighted by Gasteiger charge is 1.92. The Morgan fingerprint density at radius 3 is 2.42 bits per heavy atom. The Labute approximate surface area is 77.7 Å². The fourth-order valence-corrected chi connectivity index (χ4v) is 0.715. The minimum atomic E-state index is -0.184. The van der Waals surface area contributed by atoms with E-state index in [0.29, 0.717) is 0 Å². The molecule has 0 unspecified atom stereocenters. The Balaban J connectivity index is 0.00000121. The fraction of sp³-hybridized carbons (Fsp3) is 0. The van der Waals surface area contributed by atoms with Crippen LogP contribution in [0.2, 0.25) is 0 Å². The lowest BCUT2D eigenvalue weighted by Crippen LogP contribution is -2.06. The van der Waals surface area contributed by atoms with Crippen molar-refractivity contribution in [3.8, 4) is 0 Å². The van der Waals surface area contributed by atoms with Gasteiger partial charge in [-0.2, -0.15) is 0 Å². The third-order valence-electron chi connectivity index (χ3n) is 1.23. The monoisotopic (exact) mass is 183 g/mol. The molecule has 0 aliphatic carbocycles. The largest absolute Gasteiger partial charge is 0.323 e. The molecule has 1 N–H and O–H groups in total. The van der Waals surface area contributed by atoms with Gasteiger partial charge in [-0.3, -0.25) is 4.79 Å². The SMILES string of the molecule is C=CC(=O)Nc1ccccc1.Cl. The number of carbonyl (C=O) groups excluding carboxylic acids is 1. The Hall–Kier alpha value is -1.28. The molecule has 2 nitrogen and oxygen atoms in total. The standard InChI is InChI=1S/C9H9NO.ClH/c1-2-9(11)10-8-6-4-3-5-7-8;/h2-7H,1H2,(H,10,11);1H. The first kappa shape index (κ1) is 10.7. The van der Waals surface area contributed by atoms with Gasteiger partial charge in [0.2, 0.25) is 5.91 Å². The molecule has 12 heavy (non-hydrogen) atoms. The van der Waals surface area contributed by atoms with Crippen LogP contribution >= 0.6 is 12.4 Å². The highest BCUT2D eigenvalue weighted by atomic mass is 35.5. The van der Waals surface area contributed by atoms with Crippen LogP contribution in [0.4, 0.5) is 5.69 Å². The van der Waals surface area contributed by atoms with Gasteiger partial charge in [-0.25, -0.2) is 0 Å². The Kier molecular flexibility index (Phi) is 4.81. The predicted octanol–water partition coefficient (Wildman–Crippen LogP) is 2.23. The van der Waals surface area contributed by atoms with Crippen LogP contribution in [-0.2, 0) is 4.79 Å². The van der Waals surface area contributed by atoms with Crippen molar-refractivity contribution < 1.29 is 4.79 Å². The van der Waals surface area contributed by atoms with Crippen LogP contribution in [0.1, 0.15) is 0 Å². The van der Waals surface area contributed by atoms with Gasteiger partial charge < -0.3 is 5.32 Å². The number of halogens is 1. The molecule has 0 aliphatic heterocycles. The van der Waals surface area contributed by atoms with Crippen LogP contribution in [0.5, 0.6) is 0 Å². The van der Waals surface area contributed by atoms with Crippen LogP contribution in [0, 0.1) is 0 Å². The number of anilines is 1. The van der Waals surface area contributed by atoms with Crippen LogP contribution in [0.3, 0.4) is 0 Å². The molecular formula is C9H10ClNO. The maximum atomic E-state index is 10.8. The van der Waals surface area contributed by atoms with Crippen molar-refractivity contribution >= 4 is 24.0 Å². The smallest absolute Gasteiger partial charge is 0.247 e. The zero-order valence-corrected chi connectivity index (χ0v) is 7.30. The zero-order valence-electron chi connectivity index (χ0n) is 6.49. The van der Waals surface area contributed by atoms with Crippen molar-refractivity contribution in [1.82, 2.24) is 0 Å². The summed E-state index contributed by atoms with van der Waals surface area (Å²) in [6, 6.07) is 9.25. The van der Waals surface area contributed by atoms with Crippen LogP contribution in [-0.4, -0.2) is 5.91 Å². The van der Waals surface area contributed by atoms with Gasteiger partial charge in [0.25, 0.3) is 0 Å². The molecule has 0 aromatic heterocycles. The van der Waals surface area contributed by atoms with Gasteiger partial charge in [-0.15, -0.1) is 12.4 Å². The van der Waals surface area contributed by atoms with E-state index in [9.17, 15) is 4.79 Å². The first-order chi connectivity index (χ1) is 5.33. The lowest BCUT2D eigenvalue weighted by atomic mass is 10.3. The predicted molar refractivity (Wildman–Crippen MR) is 52.5 cm³/mol. The second kappa shape index (κ2) is 5.38. The number of nitrogens with one attached hydrogen (secondary N) is 1. The lowest BCUT2D eigenvalue weighted by molar-refractivity contribution is -0.111. The molecule has 1 aromatic rings. The third-order valence-corrected chi connectivity index (χ3v) is 1.23. The van der Waals surface area contributed by atoms with Crippen molar-refractivity contribution in [3.63, 3.8) is 0 Å². The van der Waals surface area contributed by atoms with E-state index >= 15 is 0 Å². The van der Waals surface area contributed by atoms with E-state index in [0.717, 1.165) is 5.69 Å². The van der Waals surface area contributed by atoms with E-state index in [4.69, 9.17) is 0 Å². The molecule has 1 aromatic carbocycles. The van der Waals surface area contributed by atoms with Gasteiger partial charge in [0.05, 0.1) is 0 Å². The summed E-state index contributed by atoms with van der Waals surface area (Å²) in [6.45, 7) is 3.34. The normalized spacial score (nSPS) is 8.00. The zero-order chi connectivity index (χ0) is 8.10. The minimum absolute atomic E-state index is 0. The van der Waals surface area contributed by atoms with E-state index in [2.05, 4.69) is 11.9 Å². The molecule has 3 heteroatoms. The Bertz CT molecular complexity index is 258. The van der Waals surface area contributed by atoms with Crippen molar-refractivity contribution in [2.75, 3.05) is 5.32 Å². The lowest BCUT2D eigenvalue weighted by Gasteiger charge is -1.98. The topological polar surface area (TPSA) is 29.1 Å². The van der Waals surface area contributed by atoms with E-state index in [1.807, 2.05) is 30.3 Å². The van der Waals surface area contributed by atoms with E-state index in [1.54, 1.807) is 0 Å². The van der Waals surface area contributed by atoms with Crippen molar-refractivity contribution in [2.45, 2.75) is 0 Å². The molecule has 0 aliphatic rings. The van der Waals surface area contributed by atoms with Crippen molar-refractivity contribution in [1.29, 1.82) is 0 Å². The van der Waals surface area contributed by atoms with Gasteiger partial charge >= 0.3 is 0 Å². The highest BCUT2D eigenvalue weighted by Crippen LogP contribution is 2.03. The quantitative estimate of drug-likeness (QED) is 0.700. The molecule has 0 radical (unpaired) electrons. The number of para-hydroxylation sites is 1. The maximum absolute atomic E-state index is 10.8. The molecule has 0 saturated heterocycles. The average Bonchev–Trinajstić information content (AvgIpc) is 2.06. The number of amides is 1.